The number of sulfonamides is 1. The van der Waals surface area contributed by atoms with Crippen LogP contribution < -0.4 is 9.46 Å². The van der Waals surface area contributed by atoms with Gasteiger partial charge in [0.2, 0.25) is 0 Å². The van der Waals surface area contributed by atoms with E-state index in [4.69, 9.17) is 4.74 Å². The third kappa shape index (κ3) is 4.06. The first-order valence-corrected chi connectivity index (χ1v) is 9.49. The van der Waals surface area contributed by atoms with E-state index in [0.717, 1.165) is 15.6 Å². The molecule has 0 radical (unpaired) electrons. The van der Waals surface area contributed by atoms with E-state index in [2.05, 4.69) is 20.7 Å². The lowest BCUT2D eigenvalue weighted by molar-refractivity contribution is 0.402. The van der Waals surface area contributed by atoms with E-state index in [1.807, 2.05) is 20.8 Å². The second kappa shape index (κ2) is 6.93. The fourth-order valence-electron chi connectivity index (χ4n) is 2.40. The maximum atomic E-state index is 12.7. The number of anilines is 1. The maximum absolute atomic E-state index is 12.7. The van der Waals surface area contributed by atoms with Gasteiger partial charge in [-0.1, -0.05) is 29.8 Å². The summed E-state index contributed by atoms with van der Waals surface area (Å²) in [5.74, 6) is 0.569. The monoisotopic (exact) mass is 397 g/mol. The Balaban J connectivity index is 2.49. The molecule has 0 bridgehead atoms. The summed E-state index contributed by atoms with van der Waals surface area (Å²) in [6.07, 6.45) is 0. The van der Waals surface area contributed by atoms with Crippen LogP contribution in [0.25, 0.3) is 0 Å². The lowest BCUT2D eigenvalue weighted by Crippen LogP contribution is -2.15. The fraction of sp³-hybridized carbons (Fsp3) is 0.294. The Morgan fingerprint density at radius 1 is 1.13 bits per heavy atom. The molecule has 0 amide bonds. The molecular weight excluding hydrogens is 378 g/mol. The minimum Gasteiger partial charge on any atom is -0.495 e. The van der Waals surface area contributed by atoms with E-state index in [1.54, 1.807) is 36.4 Å². The molecule has 0 atom stereocenters. The van der Waals surface area contributed by atoms with Crippen LogP contribution in [0.15, 0.2) is 45.8 Å². The van der Waals surface area contributed by atoms with Crippen LogP contribution in [0.3, 0.4) is 0 Å². The van der Waals surface area contributed by atoms with Gasteiger partial charge >= 0.3 is 0 Å². The molecule has 0 spiro atoms. The van der Waals surface area contributed by atoms with Gasteiger partial charge in [0.25, 0.3) is 10.0 Å². The van der Waals surface area contributed by atoms with Crippen molar-refractivity contribution in [1.29, 1.82) is 0 Å². The van der Waals surface area contributed by atoms with Crippen molar-refractivity contribution in [2.75, 3.05) is 11.8 Å². The SMILES string of the molecule is COc1cc(C)c(C(C)C)cc1S(=O)(=O)Nc1ccc(Br)cc1. The highest BCUT2D eigenvalue weighted by molar-refractivity contribution is 9.10. The highest BCUT2D eigenvalue weighted by atomic mass is 79.9. The van der Waals surface area contributed by atoms with Gasteiger partial charge in [-0.2, -0.15) is 0 Å². The molecule has 1 N–H and O–H groups in total. The van der Waals surface area contributed by atoms with Crippen molar-refractivity contribution in [3.8, 4) is 5.75 Å². The van der Waals surface area contributed by atoms with E-state index in [-0.39, 0.29) is 10.8 Å². The van der Waals surface area contributed by atoms with Crippen LogP contribution in [-0.2, 0) is 10.0 Å². The van der Waals surface area contributed by atoms with Crippen molar-refractivity contribution in [3.05, 3.63) is 52.0 Å². The Labute approximate surface area is 146 Å². The Bertz CT molecular complexity index is 799. The second-order valence-corrected chi connectivity index (χ2v) is 8.19. The average molecular weight is 398 g/mol. The zero-order valence-electron chi connectivity index (χ0n) is 13.6. The summed E-state index contributed by atoms with van der Waals surface area (Å²) < 4.78 is 34.3. The fourth-order valence-corrected chi connectivity index (χ4v) is 3.91. The maximum Gasteiger partial charge on any atom is 0.265 e. The molecule has 2 rings (SSSR count). The Hall–Kier alpha value is -1.53. The Kier molecular flexibility index (Phi) is 5.37. The summed E-state index contributed by atoms with van der Waals surface area (Å²) in [6.45, 7) is 6.02. The number of nitrogens with one attached hydrogen (secondary N) is 1. The lowest BCUT2D eigenvalue weighted by atomic mass is 9.98. The zero-order valence-corrected chi connectivity index (χ0v) is 16.0. The molecule has 2 aromatic carbocycles. The quantitative estimate of drug-likeness (QED) is 0.795. The highest BCUT2D eigenvalue weighted by Crippen LogP contribution is 2.32. The van der Waals surface area contributed by atoms with Crippen molar-refractivity contribution in [2.45, 2.75) is 31.6 Å². The standard InChI is InChI=1S/C17H20BrNO3S/c1-11(2)15-10-17(16(22-4)9-12(15)3)23(20,21)19-14-7-5-13(18)6-8-14/h5-11,19H,1-4H3. The number of rotatable bonds is 5. The van der Waals surface area contributed by atoms with E-state index in [0.29, 0.717) is 11.4 Å². The van der Waals surface area contributed by atoms with Crippen molar-refractivity contribution in [1.82, 2.24) is 0 Å². The van der Waals surface area contributed by atoms with E-state index >= 15 is 0 Å². The zero-order chi connectivity index (χ0) is 17.2. The lowest BCUT2D eigenvalue weighted by Gasteiger charge is -2.17. The minimum absolute atomic E-state index is 0.150. The first kappa shape index (κ1) is 17.8. The van der Waals surface area contributed by atoms with Crippen LogP contribution in [0.5, 0.6) is 5.75 Å². The largest absolute Gasteiger partial charge is 0.495 e. The van der Waals surface area contributed by atoms with Gasteiger partial charge in [-0.05, 0) is 60.4 Å². The molecule has 0 heterocycles. The third-order valence-electron chi connectivity index (χ3n) is 3.56. The number of aryl methyl sites for hydroxylation is 1. The van der Waals surface area contributed by atoms with Gasteiger partial charge in [0.1, 0.15) is 10.6 Å². The molecule has 124 valence electrons. The number of methoxy groups -OCH3 is 1. The second-order valence-electron chi connectivity index (χ2n) is 5.63. The molecule has 0 saturated carbocycles. The van der Waals surface area contributed by atoms with Gasteiger partial charge < -0.3 is 4.74 Å². The van der Waals surface area contributed by atoms with E-state index < -0.39 is 10.0 Å². The highest BCUT2D eigenvalue weighted by Gasteiger charge is 2.22. The average Bonchev–Trinajstić information content (AvgIpc) is 2.48. The molecule has 23 heavy (non-hydrogen) atoms. The van der Waals surface area contributed by atoms with Gasteiger partial charge in [0, 0.05) is 10.2 Å². The van der Waals surface area contributed by atoms with Crippen molar-refractivity contribution in [3.63, 3.8) is 0 Å². The van der Waals surface area contributed by atoms with Gasteiger partial charge in [-0.15, -0.1) is 0 Å². The van der Waals surface area contributed by atoms with Crippen molar-refractivity contribution >= 4 is 31.6 Å². The molecule has 0 aliphatic heterocycles. The summed E-state index contributed by atoms with van der Waals surface area (Å²) in [5.41, 5.74) is 2.50. The molecular formula is C17H20BrNO3S. The molecule has 4 nitrogen and oxygen atoms in total. The summed E-state index contributed by atoms with van der Waals surface area (Å²) >= 11 is 3.33. The third-order valence-corrected chi connectivity index (χ3v) is 5.49. The van der Waals surface area contributed by atoms with Gasteiger partial charge in [-0.3, -0.25) is 4.72 Å². The van der Waals surface area contributed by atoms with Crippen LogP contribution in [0.1, 0.15) is 30.9 Å². The summed E-state index contributed by atoms with van der Waals surface area (Å²) in [4.78, 5) is 0.150. The number of hydrogen-bond acceptors (Lipinski definition) is 3. The molecule has 0 fully saturated rings. The Morgan fingerprint density at radius 3 is 2.26 bits per heavy atom. The van der Waals surface area contributed by atoms with Crippen LogP contribution in [0, 0.1) is 6.92 Å². The van der Waals surface area contributed by atoms with Gasteiger partial charge in [-0.25, -0.2) is 8.42 Å². The smallest absolute Gasteiger partial charge is 0.265 e. The predicted molar refractivity (Wildman–Crippen MR) is 96.8 cm³/mol. The normalized spacial score (nSPS) is 11.6. The molecule has 0 aliphatic carbocycles. The summed E-state index contributed by atoms with van der Waals surface area (Å²) in [7, 11) is -2.26. The van der Waals surface area contributed by atoms with Crippen LogP contribution in [0.2, 0.25) is 0 Å². The minimum atomic E-state index is -3.73. The Morgan fingerprint density at radius 2 is 1.74 bits per heavy atom. The number of benzene rings is 2. The van der Waals surface area contributed by atoms with Gasteiger partial charge in [0.05, 0.1) is 7.11 Å². The predicted octanol–water partition coefficient (Wildman–Crippen LogP) is 4.69. The number of ether oxygens (including phenoxy) is 1. The number of halogens is 1. The molecule has 0 aromatic heterocycles. The van der Waals surface area contributed by atoms with E-state index in [9.17, 15) is 8.42 Å². The molecule has 2 aromatic rings. The van der Waals surface area contributed by atoms with Crippen molar-refractivity contribution < 1.29 is 13.2 Å². The molecule has 0 unspecified atom stereocenters. The molecule has 0 aliphatic rings. The first-order chi connectivity index (χ1) is 10.7. The topological polar surface area (TPSA) is 55.4 Å². The molecule has 6 heteroatoms. The first-order valence-electron chi connectivity index (χ1n) is 7.21. The van der Waals surface area contributed by atoms with Crippen LogP contribution in [-0.4, -0.2) is 15.5 Å². The van der Waals surface area contributed by atoms with Gasteiger partial charge in [0.15, 0.2) is 0 Å². The summed E-state index contributed by atoms with van der Waals surface area (Å²) in [6, 6.07) is 10.4. The van der Waals surface area contributed by atoms with Crippen LogP contribution in [0.4, 0.5) is 5.69 Å². The van der Waals surface area contributed by atoms with E-state index in [1.165, 1.54) is 7.11 Å². The molecule has 0 saturated heterocycles. The number of hydrogen-bond donors (Lipinski definition) is 1. The van der Waals surface area contributed by atoms with Crippen LogP contribution >= 0.6 is 15.9 Å². The summed E-state index contributed by atoms with van der Waals surface area (Å²) in [5, 5.41) is 0. The van der Waals surface area contributed by atoms with Crippen molar-refractivity contribution in [2.24, 2.45) is 0 Å².